The second kappa shape index (κ2) is 10.4. The van der Waals surface area contributed by atoms with Crippen LogP contribution in [0.3, 0.4) is 0 Å². The van der Waals surface area contributed by atoms with Crippen molar-refractivity contribution in [2.75, 3.05) is 34.3 Å². The van der Waals surface area contributed by atoms with Crippen molar-refractivity contribution in [3.63, 3.8) is 0 Å². The van der Waals surface area contributed by atoms with Crippen LogP contribution >= 0.6 is 0 Å². The van der Waals surface area contributed by atoms with Gasteiger partial charge in [0.25, 0.3) is 5.91 Å². The molecule has 3 aromatic heterocycles. The first-order valence-electron chi connectivity index (χ1n) is 13.3. The summed E-state index contributed by atoms with van der Waals surface area (Å²) in [6, 6.07) is 12.3. The number of methoxy groups -OCH3 is 1. The number of aromatic amines is 2. The summed E-state index contributed by atoms with van der Waals surface area (Å²) >= 11 is 0. The maximum atomic E-state index is 13.1. The molecule has 5 aromatic rings. The fraction of sp³-hybridized carbons (Fsp3) is 0.267. The molecule has 0 unspecified atom stereocenters. The molecule has 4 heterocycles. The number of hydrogen-bond acceptors (Lipinski definition) is 5. The number of aryl methyl sites for hydroxylation is 1. The highest BCUT2D eigenvalue weighted by Gasteiger charge is 2.22. The summed E-state index contributed by atoms with van der Waals surface area (Å²) in [6.45, 7) is 1.69. The van der Waals surface area contributed by atoms with E-state index in [2.05, 4.69) is 44.6 Å². The summed E-state index contributed by atoms with van der Waals surface area (Å²) in [6.07, 6.45) is 8.61. The summed E-state index contributed by atoms with van der Waals surface area (Å²) in [7, 11) is 5.15. The fourth-order valence-corrected chi connectivity index (χ4v) is 5.35. The van der Waals surface area contributed by atoms with E-state index in [4.69, 9.17) is 4.74 Å². The number of hydrogen-bond donors (Lipinski definition) is 2. The zero-order valence-corrected chi connectivity index (χ0v) is 22.8. The minimum Gasteiger partial charge on any atom is -0.496 e. The highest BCUT2D eigenvalue weighted by atomic mass is 16.5. The molecule has 0 bridgehead atoms. The zero-order valence-electron chi connectivity index (χ0n) is 22.8. The number of carbonyl (C=O) groups is 2. The summed E-state index contributed by atoms with van der Waals surface area (Å²) in [5.74, 6) is 0.719. The minimum absolute atomic E-state index is 0.0840. The van der Waals surface area contributed by atoms with Crippen molar-refractivity contribution in [2.24, 2.45) is 0 Å². The lowest BCUT2D eigenvalue weighted by atomic mass is 9.93. The predicted molar refractivity (Wildman–Crippen MR) is 154 cm³/mol. The number of amides is 2. The number of ether oxygens (including phenoxy) is 1. The molecule has 0 fully saturated rings. The Bertz CT molecular complexity index is 1740. The fourth-order valence-electron chi connectivity index (χ4n) is 5.35. The van der Waals surface area contributed by atoms with Gasteiger partial charge < -0.3 is 24.5 Å². The lowest BCUT2D eigenvalue weighted by molar-refractivity contribution is -0.131. The van der Waals surface area contributed by atoms with E-state index in [1.807, 2.05) is 29.3 Å². The molecule has 10 heteroatoms. The van der Waals surface area contributed by atoms with Crippen LogP contribution in [-0.4, -0.2) is 80.9 Å². The number of nitrogens with one attached hydrogen (secondary N) is 2. The lowest BCUT2D eigenvalue weighted by Crippen LogP contribution is -2.35. The summed E-state index contributed by atoms with van der Waals surface area (Å²) in [5, 5.41) is 9.77. The first kappa shape index (κ1) is 25.4. The van der Waals surface area contributed by atoms with Crippen LogP contribution in [0.5, 0.6) is 5.75 Å². The largest absolute Gasteiger partial charge is 0.496 e. The Morgan fingerprint density at radius 2 is 1.98 bits per heavy atom. The van der Waals surface area contributed by atoms with Gasteiger partial charge in [0.1, 0.15) is 11.4 Å². The third-order valence-corrected chi connectivity index (χ3v) is 7.44. The van der Waals surface area contributed by atoms with Crippen LogP contribution in [0.25, 0.3) is 38.5 Å². The Morgan fingerprint density at radius 3 is 2.75 bits per heavy atom. The van der Waals surface area contributed by atoms with Crippen molar-refractivity contribution in [1.29, 1.82) is 0 Å². The Morgan fingerprint density at radius 1 is 1.10 bits per heavy atom. The highest BCUT2D eigenvalue weighted by Crippen LogP contribution is 2.40. The van der Waals surface area contributed by atoms with Gasteiger partial charge in [-0.1, -0.05) is 11.3 Å². The van der Waals surface area contributed by atoms with Crippen molar-refractivity contribution in [1.82, 2.24) is 34.8 Å². The maximum Gasteiger partial charge on any atom is 0.269 e. The maximum absolute atomic E-state index is 13.1. The van der Waals surface area contributed by atoms with Gasteiger partial charge in [-0.15, -0.1) is 5.10 Å². The first-order chi connectivity index (χ1) is 19.4. The number of nitrogens with zero attached hydrogens (tertiary/aromatic N) is 5. The van der Waals surface area contributed by atoms with E-state index in [0.29, 0.717) is 31.7 Å². The topological polar surface area (TPSA) is 112 Å². The monoisotopic (exact) mass is 537 g/mol. The third-order valence-electron chi connectivity index (χ3n) is 7.44. The molecule has 0 saturated heterocycles. The SMILES string of the molecule is COc1cc2[nH]ccc2cc1-c1cc(C2=CCCN(C(=O)CCn3ccnn3)C2)cc2[nH]c(C(=O)N(C)C)cc12. The number of aromatic nitrogens is 5. The molecule has 10 nitrogen and oxygen atoms in total. The minimum atomic E-state index is -0.0993. The molecular formula is C30H31N7O3. The molecule has 0 aliphatic carbocycles. The van der Waals surface area contributed by atoms with Gasteiger partial charge in [0.2, 0.25) is 5.91 Å². The number of fused-ring (bicyclic) bond motifs is 2. The molecule has 0 spiro atoms. The summed E-state index contributed by atoms with van der Waals surface area (Å²) in [4.78, 5) is 36.0. The average Bonchev–Trinajstić information content (AvgIpc) is 3.74. The van der Waals surface area contributed by atoms with E-state index in [1.165, 1.54) is 0 Å². The first-order valence-corrected chi connectivity index (χ1v) is 13.3. The number of H-pyrrole nitrogens is 2. The van der Waals surface area contributed by atoms with Crippen molar-refractivity contribution in [3.05, 3.63) is 72.3 Å². The predicted octanol–water partition coefficient (Wildman–Crippen LogP) is 4.32. The Kier molecular flexibility index (Phi) is 6.59. The van der Waals surface area contributed by atoms with E-state index in [1.54, 1.807) is 43.2 Å². The van der Waals surface area contributed by atoms with Crippen LogP contribution in [0.1, 0.15) is 28.9 Å². The van der Waals surface area contributed by atoms with E-state index in [-0.39, 0.29) is 11.8 Å². The molecule has 1 aliphatic rings. The normalized spacial score (nSPS) is 13.6. The molecule has 0 radical (unpaired) electrons. The molecule has 2 amide bonds. The van der Waals surface area contributed by atoms with Crippen molar-refractivity contribution >= 4 is 39.2 Å². The Balaban J connectivity index is 1.41. The van der Waals surface area contributed by atoms with Crippen LogP contribution in [0, 0.1) is 0 Å². The Hall–Kier alpha value is -4.86. The molecule has 0 saturated carbocycles. The Labute approximate surface area is 231 Å². The smallest absolute Gasteiger partial charge is 0.269 e. The number of carbonyl (C=O) groups excluding carboxylic acids is 2. The van der Waals surface area contributed by atoms with Crippen LogP contribution < -0.4 is 4.74 Å². The molecule has 6 rings (SSSR count). The molecule has 2 aromatic carbocycles. The quantitative estimate of drug-likeness (QED) is 0.321. The van der Waals surface area contributed by atoms with Gasteiger partial charge in [0.15, 0.2) is 0 Å². The van der Waals surface area contributed by atoms with Gasteiger partial charge in [0, 0.05) is 79.4 Å². The molecule has 204 valence electrons. The van der Waals surface area contributed by atoms with Gasteiger partial charge in [-0.25, -0.2) is 0 Å². The van der Waals surface area contributed by atoms with Crippen molar-refractivity contribution < 1.29 is 14.3 Å². The molecule has 2 N–H and O–H groups in total. The number of benzene rings is 2. The second-order valence-corrected chi connectivity index (χ2v) is 10.2. The molecule has 0 atom stereocenters. The average molecular weight is 538 g/mol. The van der Waals surface area contributed by atoms with Gasteiger partial charge in [-0.3, -0.25) is 14.3 Å². The molecule has 1 aliphatic heterocycles. The summed E-state index contributed by atoms with van der Waals surface area (Å²) < 4.78 is 7.50. The van der Waals surface area contributed by atoms with Crippen molar-refractivity contribution in [2.45, 2.75) is 19.4 Å². The lowest BCUT2D eigenvalue weighted by Gasteiger charge is -2.28. The van der Waals surface area contributed by atoms with Gasteiger partial charge >= 0.3 is 0 Å². The highest BCUT2D eigenvalue weighted by molar-refractivity contribution is 6.06. The van der Waals surface area contributed by atoms with Gasteiger partial charge in [-0.2, -0.15) is 0 Å². The van der Waals surface area contributed by atoms with E-state index < -0.39 is 0 Å². The van der Waals surface area contributed by atoms with Crippen LogP contribution in [0.15, 0.2) is 61.1 Å². The zero-order chi connectivity index (χ0) is 27.8. The second-order valence-electron chi connectivity index (χ2n) is 10.2. The number of rotatable bonds is 7. The summed E-state index contributed by atoms with van der Waals surface area (Å²) in [5.41, 5.74) is 6.31. The van der Waals surface area contributed by atoms with E-state index in [9.17, 15) is 9.59 Å². The third kappa shape index (κ3) is 4.72. The van der Waals surface area contributed by atoms with Crippen LogP contribution in [0.2, 0.25) is 0 Å². The van der Waals surface area contributed by atoms with Crippen LogP contribution in [-0.2, 0) is 11.3 Å². The van der Waals surface area contributed by atoms with E-state index >= 15 is 0 Å². The van der Waals surface area contributed by atoms with Gasteiger partial charge in [-0.05, 0) is 53.5 Å². The van der Waals surface area contributed by atoms with Crippen LogP contribution in [0.4, 0.5) is 0 Å². The molecule has 40 heavy (non-hydrogen) atoms. The molecular weight excluding hydrogens is 506 g/mol. The van der Waals surface area contributed by atoms with E-state index in [0.717, 1.165) is 56.2 Å². The standard InChI is InChI=1S/C30H31N7O3/c1-35(2)30(39)27-16-23-22(24-13-19-6-8-31-25(19)17-28(24)40-3)14-21(15-26(23)33-27)20-5-4-10-36(18-20)29(38)7-11-37-12-9-32-34-37/h5-6,8-9,12-17,31,33H,4,7,10-11,18H2,1-3H3. The van der Waals surface area contributed by atoms with Gasteiger partial charge in [0.05, 0.1) is 19.9 Å². The van der Waals surface area contributed by atoms with Crippen molar-refractivity contribution in [3.8, 4) is 16.9 Å².